The largest absolute Gasteiger partial charge is 0.453 e. The summed E-state index contributed by atoms with van der Waals surface area (Å²) < 4.78 is 11.8. The van der Waals surface area contributed by atoms with E-state index in [4.69, 9.17) is 9.47 Å². The van der Waals surface area contributed by atoms with E-state index in [2.05, 4.69) is 6.58 Å². The number of methoxy groups -OCH3 is 1. The summed E-state index contributed by atoms with van der Waals surface area (Å²) in [6, 6.07) is 0. The predicted molar refractivity (Wildman–Crippen MR) is 79.5 cm³/mol. The van der Waals surface area contributed by atoms with Gasteiger partial charge >= 0.3 is 5.97 Å². The molecule has 0 spiro atoms. The third-order valence-corrected chi connectivity index (χ3v) is 5.04. The smallest absolute Gasteiger partial charge is 0.333 e. The lowest BCUT2D eigenvalue weighted by Crippen LogP contribution is -2.55. The van der Waals surface area contributed by atoms with Gasteiger partial charge in [-0.2, -0.15) is 0 Å². The SMILES string of the molecule is C=C(C)C(=O)OC1(C2CCCCC2)CCCCC1OC. The molecule has 0 aromatic rings. The van der Waals surface area contributed by atoms with Crippen LogP contribution in [0.4, 0.5) is 0 Å². The van der Waals surface area contributed by atoms with Gasteiger partial charge in [0.15, 0.2) is 0 Å². The van der Waals surface area contributed by atoms with Crippen LogP contribution in [0.3, 0.4) is 0 Å². The quantitative estimate of drug-likeness (QED) is 0.576. The summed E-state index contributed by atoms with van der Waals surface area (Å²) in [6.07, 6.45) is 10.4. The predicted octanol–water partition coefficient (Wildman–Crippen LogP) is 4.01. The van der Waals surface area contributed by atoms with Crippen LogP contribution in [0, 0.1) is 5.92 Å². The molecule has 0 aromatic heterocycles. The first-order chi connectivity index (χ1) is 9.60. The molecule has 2 aliphatic rings. The molecule has 2 atom stereocenters. The van der Waals surface area contributed by atoms with Crippen molar-refractivity contribution in [3.05, 3.63) is 12.2 Å². The Morgan fingerprint density at radius 2 is 1.75 bits per heavy atom. The van der Waals surface area contributed by atoms with Crippen molar-refractivity contribution < 1.29 is 14.3 Å². The summed E-state index contributed by atoms with van der Waals surface area (Å²) >= 11 is 0. The van der Waals surface area contributed by atoms with Crippen molar-refractivity contribution in [1.82, 2.24) is 0 Å². The highest BCUT2D eigenvalue weighted by molar-refractivity contribution is 5.87. The Bertz CT molecular complexity index is 357. The average Bonchev–Trinajstić information content (AvgIpc) is 2.48. The van der Waals surface area contributed by atoms with E-state index in [9.17, 15) is 4.79 Å². The van der Waals surface area contributed by atoms with Gasteiger partial charge in [0, 0.05) is 18.6 Å². The van der Waals surface area contributed by atoms with Crippen LogP contribution in [0.2, 0.25) is 0 Å². The number of ether oxygens (including phenoxy) is 2. The highest BCUT2D eigenvalue weighted by Crippen LogP contribution is 2.45. The molecule has 0 N–H and O–H groups in total. The van der Waals surface area contributed by atoms with Gasteiger partial charge in [0.2, 0.25) is 0 Å². The van der Waals surface area contributed by atoms with E-state index >= 15 is 0 Å². The van der Waals surface area contributed by atoms with Crippen molar-refractivity contribution in [1.29, 1.82) is 0 Å². The molecule has 0 saturated heterocycles. The second kappa shape index (κ2) is 6.75. The van der Waals surface area contributed by atoms with Gasteiger partial charge in [0.05, 0.1) is 6.10 Å². The fourth-order valence-electron chi connectivity index (χ4n) is 3.97. The molecular formula is C17H28O3. The van der Waals surface area contributed by atoms with Crippen molar-refractivity contribution >= 4 is 5.97 Å². The summed E-state index contributed by atoms with van der Waals surface area (Å²) in [5, 5.41) is 0. The lowest BCUT2D eigenvalue weighted by atomic mass is 9.68. The first-order valence-corrected chi connectivity index (χ1v) is 8.02. The Hall–Kier alpha value is -0.830. The topological polar surface area (TPSA) is 35.5 Å². The second-order valence-electron chi connectivity index (χ2n) is 6.43. The Labute approximate surface area is 122 Å². The molecule has 0 heterocycles. The normalized spacial score (nSPS) is 31.8. The fourth-order valence-corrected chi connectivity index (χ4v) is 3.97. The molecule has 2 unspecified atom stereocenters. The first-order valence-electron chi connectivity index (χ1n) is 8.02. The summed E-state index contributed by atoms with van der Waals surface area (Å²) in [5.74, 6) is 0.198. The zero-order valence-electron chi connectivity index (χ0n) is 13.0. The van der Waals surface area contributed by atoms with E-state index in [1.165, 1.54) is 19.3 Å². The number of carbonyl (C=O) groups excluding carboxylic acids is 1. The Morgan fingerprint density at radius 3 is 2.35 bits per heavy atom. The molecule has 114 valence electrons. The van der Waals surface area contributed by atoms with Gasteiger partial charge in [-0.05, 0) is 39.0 Å². The van der Waals surface area contributed by atoms with E-state index in [1.54, 1.807) is 14.0 Å². The number of hydrogen-bond donors (Lipinski definition) is 0. The molecule has 2 aliphatic carbocycles. The Kier molecular flexibility index (Phi) is 5.25. The number of rotatable bonds is 4. The zero-order valence-corrected chi connectivity index (χ0v) is 13.0. The van der Waals surface area contributed by atoms with Gasteiger partial charge in [-0.15, -0.1) is 0 Å². The zero-order chi connectivity index (χ0) is 14.6. The molecule has 20 heavy (non-hydrogen) atoms. The minimum Gasteiger partial charge on any atom is -0.453 e. The Balaban J connectivity index is 2.24. The number of esters is 1. The number of carbonyl (C=O) groups is 1. The van der Waals surface area contributed by atoms with Gasteiger partial charge in [-0.1, -0.05) is 32.3 Å². The molecule has 0 radical (unpaired) electrons. The lowest BCUT2D eigenvalue weighted by Gasteiger charge is -2.48. The molecule has 3 nitrogen and oxygen atoms in total. The van der Waals surface area contributed by atoms with Gasteiger partial charge in [0.1, 0.15) is 5.60 Å². The van der Waals surface area contributed by atoms with Crippen LogP contribution in [0.15, 0.2) is 12.2 Å². The molecule has 0 aromatic carbocycles. The second-order valence-corrected chi connectivity index (χ2v) is 6.43. The average molecular weight is 280 g/mol. The minimum atomic E-state index is -0.413. The van der Waals surface area contributed by atoms with E-state index in [1.807, 2.05) is 0 Å². The van der Waals surface area contributed by atoms with Crippen LogP contribution in [-0.4, -0.2) is 24.8 Å². The monoisotopic (exact) mass is 280 g/mol. The molecule has 2 saturated carbocycles. The van der Waals surface area contributed by atoms with Gasteiger partial charge in [-0.25, -0.2) is 4.79 Å². The van der Waals surface area contributed by atoms with Crippen LogP contribution >= 0.6 is 0 Å². The minimum absolute atomic E-state index is 0.0441. The highest BCUT2D eigenvalue weighted by atomic mass is 16.6. The summed E-state index contributed by atoms with van der Waals surface area (Å²) in [4.78, 5) is 12.1. The molecule has 2 rings (SSSR count). The van der Waals surface area contributed by atoms with Crippen molar-refractivity contribution in [2.45, 2.75) is 76.4 Å². The summed E-state index contributed by atoms with van der Waals surface area (Å²) in [6.45, 7) is 5.46. The first kappa shape index (κ1) is 15.6. The van der Waals surface area contributed by atoms with Crippen LogP contribution in [0.25, 0.3) is 0 Å². The van der Waals surface area contributed by atoms with Gasteiger partial charge < -0.3 is 9.47 Å². The van der Waals surface area contributed by atoms with Gasteiger partial charge in [0.25, 0.3) is 0 Å². The van der Waals surface area contributed by atoms with E-state index in [0.29, 0.717) is 11.5 Å². The van der Waals surface area contributed by atoms with E-state index in [0.717, 1.165) is 38.5 Å². The molecule has 0 aliphatic heterocycles. The third-order valence-electron chi connectivity index (χ3n) is 5.04. The molecule has 2 fully saturated rings. The standard InChI is InChI=1S/C17H28O3/c1-13(2)16(18)20-17(14-9-5-4-6-10-14)12-8-7-11-15(17)19-3/h14-15H,1,4-12H2,2-3H3. The van der Waals surface area contributed by atoms with Gasteiger partial charge in [-0.3, -0.25) is 0 Å². The highest BCUT2D eigenvalue weighted by Gasteiger charge is 2.50. The van der Waals surface area contributed by atoms with Crippen LogP contribution in [0.1, 0.15) is 64.7 Å². The number of hydrogen-bond acceptors (Lipinski definition) is 3. The van der Waals surface area contributed by atoms with Crippen LogP contribution < -0.4 is 0 Å². The van der Waals surface area contributed by atoms with Crippen molar-refractivity contribution in [3.63, 3.8) is 0 Å². The van der Waals surface area contributed by atoms with Crippen molar-refractivity contribution in [3.8, 4) is 0 Å². The summed E-state index contributed by atoms with van der Waals surface area (Å²) in [7, 11) is 1.75. The third kappa shape index (κ3) is 3.08. The fraction of sp³-hybridized carbons (Fsp3) is 0.824. The molecule has 0 amide bonds. The maximum Gasteiger partial charge on any atom is 0.333 e. The van der Waals surface area contributed by atoms with Crippen molar-refractivity contribution in [2.24, 2.45) is 5.92 Å². The van der Waals surface area contributed by atoms with Crippen molar-refractivity contribution in [2.75, 3.05) is 7.11 Å². The summed E-state index contributed by atoms with van der Waals surface area (Å²) in [5.41, 5.74) is 0.0734. The maximum absolute atomic E-state index is 12.1. The molecular weight excluding hydrogens is 252 g/mol. The molecule has 3 heteroatoms. The van der Waals surface area contributed by atoms with E-state index in [-0.39, 0.29) is 12.1 Å². The maximum atomic E-state index is 12.1. The lowest BCUT2D eigenvalue weighted by molar-refractivity contribution is -0.197. The van der Waals surface area contributed by atoms with Crippen LogP contribution in [-0.2, 0) is 14.3 Å². The van der Waals surface area contributed by atoms with E-state index < -0.39 is 5.60 Å². The molecule has 0 bridgehead atoms. The Morgan fingerprint density at radius 1 is 1.10 bits per heavy atom. The van der Waals surface area contributed by atoms with Crippen LogP contribution in [0.5, 0.6) is 0 Å².